The fourth-order valence-corrected chi connectivity index (χ4v) is 1.79. The quantitative estimate of drug-likeness (QED) is 0.629. The normalized spacial score (nSPS) is 19.8. The highest BCUT2D eigenvalue weighted by Gasteiger charge is 2.08. The molecule has 0 aromatic heterocycles. The van der Waals surface area contributed by atoms with E-state index < -0.39 is 0 Å². The number of hydrogen-bond acceptors (Lipinski definition) is 2. The Balaban J connectivity index is 1.91. The average molecular weight is 170 g/mol. The van der Waals surface area contributed by atoms with E-state index in [4.69, 9.17) is 0 Å². The zero-order valence-corrected chi connectivity index (χ0v) is 8.31. The van der Waals surface area contributed by atoms with Gasteiger partial charge in [-0.2, -0.15) is 0 Å². The predicted molar refractivity (Wildman–Crippen MR) is 53.5 cm³/mol. The summed E-state index contributed by atoms with van der Waals surface area (Å²) in [6.07, 6.45) is 5.60. The van der Waals surface area contributed by atoms with Gasteiger partial charge in [-0.15, -0.1) is 0 Å². The van der Waals surface area contributed by atoms with Crippen molar-refractivity contribution >= 4 is 0 Å². The van der Waals surface area contributed by atoms with Gasteiger partial charge in [0, 0.05) is 0 Å². The van der Waals surface area contributed by atoms with Gasteiger partial charge in [-0.05, 0) is 52.0 Å². The molecule has 0 aromatic rings. The number of nitrogens with zero attached hydrogens (tertiary/aromatic N) is 1. The number of hydrogen-bond donors (Lipinski definition) is 1. The fraction of sp³-hybridized carbons (Fsp3) is 1.00. The first kappa shape index (κ1) is 10.0. The minimum absolute atomic E-state index is 1.11. The van der Waals surface area contributed by atoms with Crippen molar-refractivity contribution in [2.45, 2.75) is 32.6 Å². The summed E-state index contributed by atoms with van der Waals surface area (Å²) in [6, 6.07) is 0. The van der Waals surface area contributed by atoms with Crippen LogP contribution in [0, 0.1) is 0 Å². The molecule has 0 radical (unpaired) electrons. The Morgan fingerprint density at radius 2 is 1.92 bits per heavy atom. The van der Waals surface area contributed by atoms with Crippen molar-refractivity contribution in [3.63, 3.8) is 0 Å². The van der Waals surface area contributed by atoms with Gasteiger partial charge in [0.2, 0.25) is 0 Å². The van der Waals surface area contributed by atoms with Gasteiger partial charge < -0.3 is 10.2 Å². The Labute approximate surface area is 76.3 Å². The molecule has 0 bridgehead atoms. The van der Waals surface area contributed by atoms with Crippen LogP contribution in [0.3, 0.4) is 0 Å². The Morgan fingerprint density at radius 3 is 2.58 bits per heavy atom. The maximum Gasteiger partial charge on any atom is -0.000664 e. The molecular formula is C10H22N2. The lowest BCUT2D eigenvalue weighted by molar-refractivity contribution is 0.226. The van der Waals surface area contributed by atoms with Crippen LogP contribution in [-0.2, 0) is 0 Å². The minimum Gasteiger partial charge on any atom is -0.317 e. The van der Waals surface area contributed by atoms with Gasteiger partial charge in [-0.3, -0.25) is 0 Å². The van der Waals surface area contributed by atoms with Crippen molar-refractivity contribution in [2.24, 2.45) is 0 Å². The van der Waals surface area contributed by atoms with Gasteiger partial charge in [0.1, 0.15) is 0 Å². The van der Waals surface area contributed by atoms with Crippen molar-refractivity contribution in [1.82, 2.24) is 10.2 Å². The lowest BCUT2D eigenvalue weighted by Gasteiger charge is -2.26. The van der Waals surface area contributed by atoms with E-state index in [1.807, 2.05) is 0 Å². The molecule has 1 fully saturated rings. The van der Waals surface area contributed by atoms with Crippen LogP contribution < -0.4 is 5.32 Å². The average Bonchev–Trinajstić information content (AvgIpc) is 2.14. The second-order valence-corrected chi connectivity index (χ2v) is 3.61. The van der Waals surface area contributed by atoms with E-state index >= 15 is 0 Å². The van der Waals surface area contributed by atoms with Crippen LogP contribution in [0.1, 0.15) is 32.6 Å². The first-order valence-electron chi connectivity index (χ1n) is 5.36. The zero-order valence-electron chi connectivity index (χ0n) is 8.31. The fourth-order valence-electron chi connectivity index (χ4n) is 1.79. The summed E-state index contributed by atoms with van der Waals surface area (Å²) < 4.78 is 0. The van der Waals surface area contributed by atoms with Crippen molar-refractivity contribution in [3.8, 4) is 0 Å². The third-order valence-corrected chi connectivity index (χ3v) is 2.53. The van der Waals surface area contributed by atoms with Crippen LogP contribution in [0.25, 0.3) is 0 Å². The Kier molecular flexibility index (Phi) is 5.37. The molecule has 0 unspecified atom stereocenters. The van der Waals surface area contributed by atoms with Crippen LogP contribution in [0.4, 0.5) is 0 Å². The van der Waals surface area contributed by atoms with E-state index in [9.17, 15) is 0 Å². The third kappa shape index (κ3) is 4.07. The van der Waals surface area contributed by atoms with E-state index in [-0.39, 0.29) is 0 Å². The van der Waals surface area contributed by atoms with E-state index in [1.165, 1.54) is 51.9 Å². The first-order valence-corrected chi connectivity index (χ1v) is 5.36. The molecule has 0 aliphatic carbocycles. The van der Waals surface area contributed by atoms with Gasteiger partial charge in [0.25, 0.3) is 0 Å². The van der Waals surface area contributed by atoms with E-state index in [0.29, 0.717) is 0 Å². The highest BCUT2D eigenvalue weighted by Crippen LogP contribution is 2.08. The molecule has 0 aromatic carbocycles. The van der Waals surface area contributed by atoms with Crippen LogP contribution >= 0.6 is 0 Å². The number of nitrogens with one attached hydrogen (secondary N) is 1. The molecule has 0 atom stereocenters. The molecule has 0 spiro atoms. The standard InChI is InChI=1S/C10H22N2/c1-2-11-7-6-10-12-8-4-3-5-9-12/h11H,2-10H2,1H3. The molecule has 2 nitrogen and oxygen atoms in total. The molecule has 1 aliphatic rings. The monoisotopic (exact) mass is 170 g/mol. The minimum atomic E-state index is 1.11. The largest absolute Gasteiger partial charge is 0.317 e. The summed E-state index contributed by atoms with van der Waals surface area (Å²) in [5.41, 5.74) is 0. The highest BCUT2D eigenvalue weighted by atomic mass is 15.1. The number of rotatable bonds is 5. The van der Waals surface area contributed by atoms with Gasteiger partial charge >= 0.3 is 0 Å². The molecule has 1 aliphatic heterocycles. The molecule has 1 N–H and O–H groups in total. The third-order valence-electron chi connectivity index (χ3n) is 2.53. The molecule has 1 heterocycles. The van der Waals surface area contributed by atoms with Gasteiger partial charge in [-0.1, -0.05) is 13.3 Å². The molecule has 1 saturated heterocycles. The molecule has 2 heteroatoms. The van der Waals surface area contributed by atoms with Gasteiger partial charge in [-0.25, -0.2) is 0 Å². The summed E-state index contributed by atoms with van der Waals surface area (Å²) in [5.74, 6) is 0. The molecule has 1 rings (SSSR count). The summed E-state index contributed by atoms with van der Waals surface area (Å²) in [4.78, 5) is 2.60. The Morgan fingerprint density at radius 1 is 1.17 bits per heavy atom. The highest BCUT2D eigenvalue weighted by molar-refractivity contribution is 4.64. The van der Waals surface area contributed by atoms with E-state index in [1.54, 1.807) is 0 Å². The maximum absolute atomic E-state index is 3.36. The topological polar surface area (TPSA) is 15.3 Å². The van der Waals surface area contributed by atoms with Crippen molar-refractivity contribution in [1.29, 1.82) is 0 Å². The first-order chi connectivity index (χ1) is 5.93. The molecule has 12 heavy (non-hydrogen) atoms. The van der Waals surface area contributed by atoms with Crippen LogP contribution in [0.5, 0.6) is 0 Å². The van der Waals surface area contributed by atoms with Crippen molar-refractivity contribution in [3.05, 3.63) is 0 Å². The Hall–Kier alpha value is -0.0800. The van der Waals surface area contributed by atoms with Crippen LogP contribution in [0.2, 0.25) is 0 Å². The smallest absolute Gasteiger partial charge is 0.000664 e. The molecule has 72 valence electrons. The molecular weight excluding hydrogens is 148 g/mol. The number of piperidine rings is 1. The van der Waals surface area contributed by atoms with Crippen molar-refractivity contribution in [2.75, 3.05) is 32.7 Å². The van der Waals surface area contributed by atoms with Crippen LogP contribution in [-0.4, -0.2) is 37.6 Å². The second-order valence-electron chi connectivity index (χ2n) is 3.61. The lowest BCUT2D eigenvalue weighted by atomic mass is 10.1. The molecule has 0 saturated carbocycles. The summed E-state index contributed by atoms with van der Waals surface area (Å²) in [5, 5.41) is 3.36. The molecule has 0 amide bonds. The maximum atomic E-state index is 3.36. The summed E-state index contributed by atoms with van der Waals surface area (Å²) >= 11 is 0. The summed E-state index contributed by atoms with van der Waals surface area (Å²) in [6.45, 7) is 8.44. The van der Waals surface area contributed by atoms with E-state index in [2.05, 4.69) is 17.1 Å². The Bertz CT molecular complexity index is 98.0. The van der Waals surface area contributed by atoms with Crippen LogP contribution in [0.15, 0.2) is 0 Å². The summed E-state index contributed by atoms with van der Waals surface area (Å²) in [7, 11) is 0. The van der Waals surface area contributed by atoms with Crippen molar-refractivity contribution < 1.29 is 0 Å². The van der Waals surface area contributed by atoms with E-state index in [0.717, 1.165) is 6.54 Å². The van der Waals surface area contributed by atoms with Gasteiger partial charge in [0.05, 0.1) is 0 Å². The SMILES string of the molecule is CCNCCCN1CCCCC1. The lowest BCUT2D eigenvalue weighted by Crippen LogP contribution is -2.32. The second kappa shape index (κ2) is 6.44. The predicted octanol–water partition coefficient (Wildman–Crippen LogP) is 1.47. The zero-order chi connectivity index (χ0) is 8.65. The van der Waals surface area contributed by atoms with Gasteiger partial charge in [0.15, 0.2) is 0 Å². The number of likely N-dealkylation sites (tertiary alicyclic amines) is 1.